The number of aryl methyl sites for hydroxylation is 1. The largest absolute Gasteiger partial charge is 0.364 e. The van der Waals surface area contributed by atoms with Crippen LogP contribution in [0.15, 0.2) is 42.7 Å². The van der Waals surface area contributed by atoms with E-state index in [1.165, 1.54) is 11.8 Å². The summed E-state index contributed by atoms with van der Waals surface area (Å²) in [6.07, 6.45) is 5.07. The number of nitrogens with one attached hydrogen (secondary N) is 1. The molecule has 102 valence electrons. The predicted molar refractivity (Wildman–Crippen MR) is 79.2 cm³/mol. The van der Waals surface area contributed by atoms with E-state index in [4.69, 9.17) is 5.26 Å². The molecule has 0 radical (unpaired) electrons. The fraction of sp³-hybridized carbons (Fsp3) is 0.312. The van der Waals surface area contributed by atoms with Gasteiger partial charge in [-0.05, 0) is 32.3 Å². The van der Waals surface area contributed by atoms with Gasteiger partial charge in [-0.1, -0.05) is 30.3 Å². The zero-order chi connectivity index (χ0) is 14.4. The van der Waals surface area contributed by atoms with Crippen LogP contribution in [0.3, 0.4) is 0 Å². The van der Waals surface area contributed by atoms with E-state index in [9.17, 15) is 0 Å². The SMILES string of the molecule is CC(C)(CCc1ccccc1)Nc1cnc(C#N)cn1. The Morgan fingerprint density at radius 1 is 1.15 bits per heavy atom. The topological polar surface area (TPSA) is 61.6 Å². The zero-order valence-electron chi connectivity index (χ0n) is 11.8. The van der Waals surface area contributed by atoms with Gasteiger partial charge in [0.25, 0.3) is 0 Å². The summed E-state index contributed by atoms with van der Waals surface area (Å²) in [5.74, 6) is 0.696. The smallest absolute Gasteiger partial charge is 0.158 e. The molecule has 1 aromatic carbocycles. The molecular weight excluding hydrogens is 248 g/mol. The minimum absolute atomic E-state index is 0.0846. The molecular formula is C16H18N4. The van der Waals surface area contributed by atoms with E-state index in [1.807, 2.05) is 12.1 Å². The fourth-order valence-corrected chi connectivity index (χ4v) is 1.96. The maximum absolute atomic E-state index is 8.70. The lowest BCUT2D eigenvalue weighted by Gasteiger charge is -2.26. The van der Waals surface area contributed by atoms with Crippen molar-refractivity contribution in [3.8, 4) is 6.07 Å². The summed E-state index contributed by atoms with van der Waals surface area (Å²) in [4.78, 5) is 8.21. The molecule has 1 heterocycles. The van der Waals surface area contributed by atoms with Gasteiger partial charge in [-0.3, -0.25) is 0 Å². The monoisotopic (exact) mass is 266 g/mol. The summed E-state index contributed by atoms with van der Waals surface area (Å²) >= 11 is 0. The number of rotatable bonds is 5. The van der Waals surface area contributed by atoms with Gasteiger partial charge >= 0.3 is 0 Å². The van der Waals surface area contributed by atoms with E-state index in [2.05, 4.69) is 53.4 Å². The molecule has 0 amide bonds. The average molecular weight is 266 g/mol. The summed E-state index contributed by atoms with van der Waals surface area (Å²) in [7, 11) is 0. The molecule has 0 aliphatic heterocycles. The summed E-state index contributed by atoms with van der Waals surface area (Å²) in [5, 5.41) is 12.1. The van der Waals surface area contributed by atoms with Crippen LogP contribution in [0.25, 0.3) is 0 Å². The lowest BCUT2D eigenvalue weighted by atomic mass is 9.95. The first-order valence-corrected chi connectivity index (χ1v) is 6.63. The number of nitrogens with zero attached hydrogens (tertiary/aromatic N) is 3. The van der Waals surface area contributed by atoms with Crippen LogP contribution in [0.4, 0.5) is 5.82 Å². The molecule has 0 saturated carbocycles. The van der Waals surface area contributed by atoms with Crippen molar-refractivity contribution < 1.29 is 0 Å². The summed E-state index contributed by atoms with van der Waals surface area (Å²) in [6, 6.07) is 12.4. The maximum Gasteiger partial charge on any atom is 0.158 e. The van der Waals surface area contributed by atoms with E-state index in [-0.39, 0.29) is 5.54 Å². The van der Waals surface area contributed by atoms with Crippen molar-refractivity contribution in [3.05, 3.63) is 54.0 Å². The first-order chi connectivity index (χ1) is 9.59. The van der Waals surface area contributed by atoms with Crippen LogP contribution in [0.2, 0.25) is 0 Å². The number of hydrogen-bond acceptors (Lipinski definition) is 4. The van der Waals surface area contributed by atoms with Crippen LogP contribution in [-0.2, 0) is 6.42 Å². The molecule has 0 spiro atoms. The highest BCUT2D eigenvalue weighted by molar-refractivity contribution is 5.36. The van der Waals surface area contributed by atoms with Gasteiger partial charge in [0.15, 0.2) is 5.69 Å². The minimum atomic E-state index is -0.0846. The first kappa shape index (κ1) is 14.0. The zero-order valence-corrected chi connectivity index (χ0v) is 11.8. The Morgan fingerprint density at radius 2 is 1.90 bits per heavy atom. The highest BCUT2D eigenvalue weighted by Gasteiger charge is 2.18. The van der Waals surface area contributed by atoms with Crippen LogP contribution >= 0.6 is 0 Å². The van der Waals surface area contributed by atoms with Crippen LogP contribution in [-0.4, -0.2) is 15.5 Å². The summed E-state index contributed by atoms with van der Waals surface area (Å²) in [5.41, 5.74) is 1.57. The Balaban J connectivity index is 1.94. The van der Waals surface area contributed by atoms with E-state index in [0.29, 0.717) is 11.5 Å². The van der Waals surface area contributed by atoms with Gasteiger partial charge in [-0.15, -0.1) is 0 Å². The van der Waals surface area contributed by atoms with E-state index < -0.39 is 0 Å². The Kier molecular flexibility index (Phi) is 4.31. The minimum Gasteiger partial charge on any atom is -0.364 e. The molecule has 1 N–H and O–H groups in total. The highest BCUT2D eigenvalue weighted by Crippen LogP contribution is 2.18. The number of anilines is 1. The summed E-state index contributed by atoms with van der Waals surface area (Å²) < 4.78 is 0. The van der Waals surface area contributed by atoms with Gasteiger partial charge in [0.05, 0.1) is 12.4 Å². The molecule has 0 bridgehead atoms. The van der Waals surface area contributed by atoms with Gasteiger partial charge in [0, 0.05) is 5.54 Å². The Morgan fingerprint density at radius 3 is 2.50 bits per heavy atom. The second-order valence-electron chi connectivity index (χ2n) is 5.39. The predicted octanol–water partition coefficient (Wildman–Crippen LogP) is 3.17. The van der Waals surface area contributed by atoms with Crippen molar-refractivity contribution in [2.24, 2.45) is 0 Å². The van der Waals surface area contributed by atoms with Crippen LogP contribution in [0.5, 0.6) is 0 Å². The molecule has 0 atom stereocenters. The third-order valence-corrected chi connectivity index (χ3v) is 3.11. The fourth-order valence-electron chi connectivity index (χ4n) is 1.96. The Hall–Kier alpha value is -2.41. The molecule has 20 heavy (non-hydrogen) atoms. The number of aromatic nitrogens is 2. The molecule has 4 heteroatoms. The van der Waals surface area contributed by atoms with E-state index in [1.54, 1.807) is 6.20 Å². The quantitative estimate of drug-likeness (QED) is 0.903. The van der Waals surface area contributed by atoms with Gasteiger partial charge in [0.2, 0.25) is 0 Å². The molecule has 4 nitrogen and oxygen atoms in total. The van der Waals surface area contributed by atoms with Crippen molar-refractivity contribution in [1.82, 2.24) is 9.97 Å². The third-order valence-electron chi connectivity index (χ3n) is 3.11. The molecule has 0 aliphatic carbocycles. The average Bonchev–Trinajstić information content (AvgIpc) is 2.47. The number of nitriles is 1. The van der Waals surface area contributed by atoms with Crippen molar-refractivity contribution in [1.29, 1.82) is 5.26 Å². The van der Waals surface area contributed by atoms with Crippen molar-refractivity contribution in [3.63, 3.8) is 0 Å². The highest BCUT2D eigenvalue weighted by atomic mass is 15.1. The van der Waals surface area contributed by atoms with Crippen molar-refractivity contribution >= 4 is 5.82 Å². The normalized spacial score (nSPS) is 10.8. The van der Waals surface area contributed by atoms with Crippen LogP contribution in [0.1, 0.15) is 31.5 Å². The van der Waals surface area contributed by atoms with Gasteiger partial charge in [-0.25, -0.2) is 9.97 Å². The van der Waals surface area contributed by atoms with Crippen LogP contribution in [0, 0.1) is 11.3 Å². The third kappa shape index (κ3) is 4.06. The lowest BCUT2D eigenvalue weighted by molar-refractivity contribution is 0.516. The Bertz CT molecular complexity index is 582. The standard InChI is InChI=1S/C16H18N4/c1-16(2,9-8-13-6-4-3-5-7-13)20-15-12-18-14(10-17)11-19-15/h3-7,11-12H,8-9H2,1-2H3,(H,19,20). The molecule has 0 aliphatic rings. The summed E-state index contributed by atoms with van der Waals surface area (Å²) in [6.45, 7) is 4.27. The van der Waals surface area contributed by atoms with Crippen LogP contribution < -0.4 is 5.32 Å². The molecule has 0 saturated heterocycles. The van der Waals surface area contributed by atoms with E-state index >= 15 is 0 Å². The Labute approximate surface area is 119 Å². The van der Waals surface area contributed by atoms with Crippen molar-refractivity contribution in [2.75, 3.05) is 5.32 Å². The maximum atomic E-state index is 8.70. The molecule has 2 aromatic rings. The van der Waals surface area contributed by atoms with Crippen molar-refractivity contribution in [2.45, 2.75) is 32.2 Å². The lowest BCUT2D eigenvalue weighted by Crippen LogP contribution is -2.32. The van der Waals surface area contributed by atoms with E-state index in [0.717, 1.165) is 12.8 Å². The van der Waals surface area contributed by atoms with Gasteiger partial charge < -0.3 is 5.32 Å². The molecule has 1 aromatic heterocycles. The number of hydrogen-bond donors (Lipinski definition) is 1. The van der Waals surface area contributed by atoms with Gasteiger partial charge in [0.1, 0.15) is 11.9 Å². The second-order valence-corrected chi connectivity index (χ2v) is 5.39. The molecule has 0 unspecified atom stereocenters. The molecule has 2 rings (SSSR count). The number of benzene rings is 1. The van der Waals surface area contributed by atoms with Gasteiger partial charge in [-0.2, -0.15) is 5.26 Å². The first-order valence-electron chi connectivity index (χ1n) is 6.63. The second kappa shape index (κ2) is 6.16. The molecule has 0 fully saturated rings.